The molecule has 0 aliphatic carbocycles. The van der Waals surface area contributed by atoms with Gasteiger partial charge in [0.25, 0.3) is 5.56 Å². The molecule has 44 heavy (non-hydrogen) atoms. The number of hydrogen-bond acceptors (Lipinski definition) is 6. The lowest BCUT2D eigenvalue weighted by Gasteiger charge is -2.37. The summed E-state index contributed by atoms with van der Waals surface area (Å²) in [5, 5.41) is 0. The molecule has 0 bridgehead atoms. The molecule has 0 radical (unpaired) electrons. The van der Waals surface area contributed by atoms with Gasteiger partial charge in [0.2, 0.25) is 0 Å². The monoisotopic (exact) mass is 614 g/mol. The van der Waals surface area contributed by atoms with Gasteiger partial charge in [-0.05, 0) is 36.2 Å². The minimum atomic E-state index is -4.87. The molecule has 1 saturated heterocycles. The molecule has 8 nitrogen and oxygen atoms in total. The fraction of sp³-hybridized carbons (Fsp3) is 0.323. The van der Waals surface area contributed by atoms with Crippen LogP contribution in [0.2, 0.25) is 0 Å². The lowest BCUT2D eigenvalue weighted by molar-refractivity contribution is -0.138. The Bertz CT molecular complexity index is 1750. The number of alkyl halides is 3. The second-order valence-corrected chi connectivity index (χ2v) is 10.8. The quantitative estimate of drug-likeness (QED) is 0.301. The van der Waals surface area contributed by atoms with Crippen LogP contribution in [0.5, 0.6) is 0 Å². The van der Waals surface area contributed by atoms with Gasteiger partial charge in [-0.3, -0.25) is 23.8 Å². The van der Waals surface area contributed by atoms with E-state index in [2.05, 4.69) is 9.88 Å². The first kappa shape index (κ1) is 31.1. The van der Waals surface area contributed by atoms with E-state index in [9.17, 15) is 31.5 Å². The number of nitrogens with two attached hydrogens (primary N) is 1. The summed E-state index contributed by atoms with van der Waals surface area (Å²) in [6, 6.07) is 12.0. The summed E-state index contributed by atoms with van der Waals surface area (Å²) in [7, 11) is 0. The van der Waals surface area contributed by atoms with E-state index in [1.807, 2.05) is 0 Å². The smallest absolute Gasteiger partial charge is 0.363 e. The van der Waals surface area contributed by atoms with Crippen LogP contribution in [0, 0.1) is 18.6 Å². The van der Waals surface area contributed by atoms with Crippen molar-refractivity contribution in [3.05, 3.63) is 127 Å². The van der Waals surface area contributed by atoms with Crippen LogP contribution < -0.4 is 21.9 Å². The molecular formula is C31H31F5N6O2. The van der Waals surface area contributed by atoms with Crippen molar-refractivity contribution in [2.75, 3.05) is 31.1 Å². The molecule has 3 heterocycles. The summed E-state index contributed by atoms with van der Waals surface area (Å²) in [5.74, 6) is -1.57. The SMILES string of the molecule is Cc1c(N2CCN(Cc3cncc(F)c3)CC2)c(=O)n(C[C@@H](N)c2ccccc2)c(=O)n1Cc1c(F)cccc1C(F)(F)F. The summed E-state index contributed by atoms with van der Waals surface area (Å²) in [6.07, 6.45) is -2.18. The molecule has 5 rings (SSSR count). The maximum Gasteiger partial charge on any atom is 0.416 e. The number of pyridine rings is 1. The molecule has 4 aromatic rings. The topological polar surface area (TPSA) is 89.4 Å². The van der Waals surface area contributed by atoms with E-state index in [4.69, 9.17) is 5.73 Å². The largest absolute Gasteiger partial charge is 0.416 e. The fourth-order valence-electron chi connectivity index (χ4n) is 5.57. The molecule has 0 spiro atoms. The molecule has 1 aliphatic rings. The third kappa shape index (κ3) is 6.58. The van der Waals surface area contributed by atoms with Gasteiger partial charge in [-0.15, -0.1) is 0 Å². The third-order valence-corrected chi connectivity index (χ3v) is 7.86. The first-order valence-corrected chi connectivity index (χ1v) is 14.0. The van der Waals surface area contributed by atoms with Crippen LogP contribution in [0.1, 0.15) is 34.0 Å². The lowest BCUT2D eigenvalue weighted by atomic mass is 10.1. The van der Waals surface area contributed by atoms with Crippen molar-refractivity contribution in [3.63, 3.8) is 0 Å². The minimum Gasteiger partial charge on any atom is -0.363 e. The van der Waals surface area contributed by atoms with Crippen LogP contribution in [-0.2, 0) is 25.8 Å². The normalized spacial score (nSPS) is 15.0. The van der Waals surface area contributed by atoms with Gasteiger partial charge in [-0.25, -0.2) is 13.6 Å². The second-order valence-electron chi connectivity index (χ2n) is 10.8. The number of rotatable bonds is 8. The van der Waals surface area contributed by atoms with Gasteiger partial charge in [-0.1, -0.05) is 36.4 Å². The maximum atomic E-state index is 14.9. The average molecular weight is 615 g/mol. The van der Waals surface area contributed by atoms with Crippen molar-refractivity contribution in [3.8, 4) is 0 Å². The predicted molar refractivity (Wildman–Crippen MR) is 155 cm³/mol. The summed E-state index contributed by atoms with van der Waals surface area (Å²) < 4.78 is 72.0. The number of hydrogen-bond donors (Lipinski definition) is 1. The zero-order valence-corrected chi connectivity index (χ0v) is 23.9. The number of benzene rings is 2. The molecule has 1 atom stereocenters. The zero-order chi connectivity index (χ0) is 31.6. The van der Waals surface area contributed by atoms with Crippen LogP contribution in [-0.4, -0.2) is 45.2 Å². The molecule has 0 amide bonds. The van der Waals surface area contributed by atoms with Crippen molar-refractivity contribution < 1.29 is 22.0 Å². The highest BCUT2D eigenvalue weighted by Gasteiger charge is 2.35. The lowest BCUT2D eigenvalue weighted by Crippen LogP contribution is -2.51. The number of anilines is 1. The highest BCUT2D eigenvalue weighted by atomic mass is 19.4. The maximum absolute atomic E-state index is 14.9. The van der Waals surface area contributed by atoms with Crippen molar-refractivity contribution in [1.82, 2.24) is 19.0 Å². The summed E-state index contributed by atoms with van der Waals surface area (Å²) in [6.45, 7) is 2.55. The van der Waals surface area contributed by atoms with Crippen molar-refractivity contribution in [2.45, 2.75) is 38.8 Å². The number of aromatic nitrogens is 3. The van der Waals surface area contributed by atoms with Gasteiger partial charge >= 0.3 is 11.9 Å². The molecule has 0 unspecified atom stereocenters. The Morgan fingerprint density at radius 2 is 1.61 bits per heavy atom. The first-order chi connectivity index (χ1) is 20.9. The molecular weight excluding hydrogens is 583 g/mol. The first-order valence-electron chi connectivity index (χ1n) is 14.0. The molecule has 1 fully saturated rings. The Kier molecular flexibility index (Phi) is 8.97. The molecule has 2 aromatic carbocycles. The van der Waals surface area contributed by atoms with Crippen LogP contribution in [0.15, 0.2) is 76.6 Å². The second kappa shape index (κ2) is 12.7. The van der Waals surface area contributed by atoms with Gasteiger partial charge in [0, 0.05) is 56.2 Å². The summed E-state index contributed by atoms with van der Waals surface area (Å²) in [5.41, 5.74) is 4.51. The van der Waals surface area contributed by atoms with E-state index in [-0.39, 0.29) is 17.9 Å². The highest BCUT2D eigenvalue weighted by molar-refractivity contribution is 5.50. The van der Waals surface area contributed by atoms with Gasteiger partial charge in [0.1, 0.15) is 17.3 Å². The van der Waals surface area contributed by atoms with E-state index in [1.54, 1.807) is 41.4 Å². The van der Waals surface area contributed by atoms with Gasteiger partial charge in [0.15, 0.2) is 0 Å². The fourth-order valence-corrected chi connectivity index (χ4v) is 5.57. The van der Waals surface area contributed by atoms with E-state index in [1.165, 1.54) is 13.0 Å². The number of nitrogens with zero attached hydrogens (tertiary/aromatic N) is 5. The highest BCUT2D eigenvalue weighted by Crippen LogP contribution is 2.33. The molecule has 1 aliphatic heterocycles. The Balaban J connectivity index is 1.54. The zero-order valence-electron chi connectivity index (χ0n) is 23.9. The molecule has 0 saturated carbocycles. The molecule has 232 valence electrons. The summed E-state index contributed by atoms with van der Waals surface area (Å²) in [4.78, 5) is 35.4. The van der Waals surface area contributed by atoms with Crippen molar-refractivity contribution in [2.24, 2.45) is 5.73 Å². The van der Waals surface area contributed by atoms with Crippen LogP contribution in [0.4, 0.5) is 27.6 Å². The van der Waals surface area contributed by atoms with Crippen LogP contribution in [0.3, 0.4) is 0 Å². The summed E-state index contributed by atoms with van der Waals surface area (Å²) >= 11 is 0. The van der Waals surface area contributed by atoms with E-state index in [0.29, 0.717) is 43.9 Å². The third-order valence-electron chi connectivity index (χ3n) is 7.86. The van der Waals surface area contributed by atoms with Crippen LogP contribution >= 0.6 is 0 Å². The Labute approximate surface area is 249 Å². The van der Waals surface area contributed by atoms with Gasteiger partial charge < -0.3 is 10.6 Å². The predicted octanol–water partition coefficient (Wildman–Crippen LogP) is 4.08. The Hall–Kier alpha value is -4.36. The van der Waals surface area contributed by atoms with Gasteiger partial charge in [-0.2, -0.15) is 13.2 Å². The van der Waals surface area contributed by atoms with E-state index >= 15 is 0 Å². The molecule has 13 heteroatoms. The number of piperazine rings is 1. The minimum absolute atomic E-state index is 0.115. The van der Waals surface area contributed by atoms with Crippen molar-refractivity contribution in [1.29, 1.82) is 0 Å². The van der Waals surface area contributed by atoms with Crippen molar-refractivity contribution >= 4 is 5.69 Å². The van der Waals surface area contributed by atoms with E-state index < -0.39 is 52.8 Å². The van der Waals surface area contributed by atoms with Crippen LogP contribution in [0.25, 0.3) is 0 Å². The Morgan fingerprint density at radius 3 is 2.27 bits per heavy atom. The number of halogens is 5. The van der Waals surface area contributed by atoms with Gasteiger partial charge in [0.05, 0.1) is 24.8 Å². The molecule has 2 aromatic heterocycles. The molecule has 2 N–H and O–H groups in total. The standard InChI is InChI=1S/C31H31F5N6O2/c1-20-28(40-12-10-39(11-13-40)17-21-14-23(32)16-38-15-21)29(43)42(19-27(37)22-6-3-2-4-7-22)30(44)41(20)18-24-25(31(34,35)36)8-5-9-26(24)33/h2-9,14-16,27H,10-13,17-19,37H2,1H3/t27-/m1/s1. The Morgan fingerprint density at radius 1 is 0.909 bits per heavy atom. The average Bonchev–Trinajstić information content (AvgIpc) is 2.99. The van der Waals surface area contributed by atoms with E-state index in [0.717, 1.165) is 33.5 Å².